The second-order valence-electron chi connectivity index (χ2n) is 4.01. The summed E-state index contributed by atoms with van der Waals surface area (Å²) in [5.74, 6) is 0.750. The molecule has 0 aromatic heterocycles. The van der Waals surface area contributed by atoms with E-state index in [4.69, 9.17) is 4.74 Å². The van der Waals surface area contributed by atoms with E-state index < -0.39 is 6.10 Å². The van der Waals surface area contributed by atoms with Crippen LogP contribution in [-0.4, -0.2) is 37.3 Å². The van der Waals surface area contributed by atoms with E-state index in [-0.39, 0.29) is 0 Å². The summed E-state index contributed by atoms with van der Waals surface area (Å²) in [6, 6.07) is 5.67. The monoisotopic (exact) mass is 287 g/mol. The molecule has 0 heterocycles. The predicted octanol–water partition coefficient (Wildman–Crippen LogP) is 2.44. The predicted molar refractivity (Wildman–Crippen MR) is 68.8 cm³/mol. The average molecular weight is 288 g/mol. The quantitative estimate of drug-likeness (QED) is 0.903. The number of rotatable bonds is 5. The van der Waals surface area contributed by atoms with E-state index in [9.17, 15) is 5.11 Å². The molecule has 0 amide bonds. The molecule has 0 saturated heterocycles. The number of hydrogen-bond donors (Lipinski definition) is 1. The maximum Gasteiger partial charge on any atom is 0.125 e. The minimum Gasteiger partial charge on any atom is -0.492 e. The molecule has 16 heavy (non-hydrogen) atoms. The summed E-state index contributed by atoms with van der Waals surface area (Å²) >= 11 is 3.38. The lowest BCUT2D eigenvalue weighted by atomic mass is 10.1. The highest BCUT2D eigenvalue weighted by atomic mass is 79.9. The normalized spacial score (nSPS) is 12.9. The maximum atomic E-state index is 9.63. The van der Waals surface area contributed by atoms with Gasteiger partial charge in [-0.1, -0.05) is 15.9 Å². The van der Waals surface area contributed by atoms with Crippen molar-refractivity contribution in [3.63, 3.8) is 0 Å². The van der Waals surface area contributed by atoms with Crippen LogP contribution in [0.1, 0.15) is 18.6 Å². The van der Waals surface area contributed by atoms with Crippen LogP contribution in [0.3, 0.4) is 0 Å². The SMILES string of the molecule is C[C@@H](O)c1cc(Br)ccc1OCCN(C)C. The summed E-state index contributed by atoms with van der Waals surface area (Å²) in [6.07, 6.45) is -0.521. The Hall–Kier alpha value is -0.580. The molecule has 1 atom stereocenters. The number of nitrogens with zero attached hydrogens (tertiary/aromatic N) is 1. The Morgan fingerprint density at radius 3 is 2.69 bits per heavy atom. The summed E-state index contributed by atoms with van der Waals surface area (Å²) < 4.78 is 6.59. The highest BCUT2D eigenvalue weighted by molar-refractivity contribution is 9.10. The number of benzene rings is 1. The van der Waals surface area contributed by atoms with Crippen LogP contribution in [0.5, 0.6) is 5.75 Å². The lowest BCUT2D eigenvalue weighted by molar-refractivity contribution is 0.188. The number of hydrogen-bond acceptors (Lipinski definition) is 3. The molecular formula is C12H18BrNO2. The molecule has 1 aromatic carbocycles. The molecule has 4 heteroatoms. The second kappa shape index (κ2) is 6.23. The summed E-state index contributed by atoms with van der Waals surface area (Å²) in [6.45, 7) is 3.21. The summed E-state index contributed by atoms with van der Waals surface area (Å²) in [7, 11) is 4.00. The molecule has 1 aromatic rings. The first-order valence-corrected chi connectivity index (χ1v) is 6.05. The fourth-order valence-electron chi connectivity index (χ4n) is 1.32. The van der Waals surface area contributed by atoms with Gasteiger partial charge in [0.1, 0.15) is 12.4 Å². The summed E-state index contributed by atoms with van der Waals surface area (Å²) in [4.78, 5) is 2.06. The third-order valence-corrected chi connectivity index (χ3v) is 2.71. The van der Waals surface area contributed by atoms with Crippen LogP contribution < -0.4 is 4.74 Å². The van der Waals surface area contributed by atoms with Crippen molar-refractivity contribution in [2.75, 3.05) is 27.2 Å². The van der Waals surface area contributed by atoms with Gasteiger partial charge in [0.05, 0.1) is 6.10 Å². The molecule has 0 aliphatic carbocycles. The molecule has 0 fully saturated rings. The van der Waals surface area contributed by atoms with Gasteiger partial charge in [-0.2, -0.15) is 0 Å². The van der Waals surface area contributed by atoms with Gasteiger partial charge in [0.25, 0.3) is 0 Å². The van der Waals surface area contributed by atoms with Gasteiger partial charge in [0, 0.05) is 16.6 Å². The van der Waals surface area contributed by atoms with E-state index >= 15 is 0 Å². The van der Waals surface area contributed by atoms with Crippen molar-refractivity contribution in [2.24, 2.45) is 0 Å². The molecule has 0 unspecified atom stereocenters. The lowest BCUT2D eigenvalue weighted by Crippen LogP contribution is -2.19. The number of likely N-dealkylation sites (N-methyl/N-ethyl adjacent to an activating group) is 1. The van der Waals surface area contributed by atoms with E-state index in [0.29, 0.717) is 6.61 Å². The van der Waals surface area contributed by atoms with E-state index in [1.54, 1.807) is 6.92 Å². The fraction of sp³-hybridized carbons (Fsp3) is 0.500. The Kier molecular flexibility index (Phi) is 5.25. The van der Waals surface area contributed by atoms with Crippen molar-refractivity contribution in [1.29, 1.82) is 0 Å². The largest absolute Gasteiger partial charge is 0.492 e. The molecule has 3 nitrogen and oxygen atoms in total. The zero-order valence-corrected chi connectivity index (χ0v) is 11.5. The number of aliphatic hydroxyl groups is 1. The molecule has 0 aliphatic heterocycles. The Balaban J connectivity index is 2.71. The van der Waals surface area contributed by atoms with Gasteiger partial charge in [0.15, 0.2) is 0 Å². The first-order valence-electron chi connectivity index (χ1n) is 5.25. The summed E-state index contributed by atoms with van der Waals surface area (Å²) in [5, 5.41) is 9.63. The van der Waals surface area contributed by atoms with Gasteiger partial charge in [-0.3, -0.25) is 0 Å². The standard InChI is InChI=1S/C12H18BrNO2/c1-9(15)11-8-10(13)4-5-12(11)16-7-6-14(2)3/h4-5,8-9,15H,6-7H2,1-3H3/t9-/m1/s1. The minimum absolute atomic E-state index is 0.521. The number of ether oxygens (including phenoxy) is 1. The van der Waals surface area contributed by atoms with E-state index in [1.165, 1.54) is 0 Å². The van der Waals surface area contributed by atoms with Gasteiger partial charge >= 0.3 is 0 Å². The highest BCUT2D eigenvalue weighted by Crippen LogP contribution is 2.28. The van der Waals surface area contributed by atoms with Crippen molar-refractivity contribution in [1.82, 2.24) is 4.90 Å². The fourth-order valence-corrected chi connectivity index (χ4v) is 1.69. The Morgan fingerprint density at radius 1 is 1.44 bits per heavy atom. The molecule has 0 saturated carbocycles. The smallest absolute Gasteiger partial charge is 0.125 e. The first kappa shape index (κ1) is 13.5. The highest BCUT2D eigenvalue weighted by Gasteiger charge is 2.09. The van der Waals surface area contributed by atoms with Crippen molar-refractivity contribution < 1.29 is 9.84 Å². The number of halogens is 1. The van der Waals surface area contributed by atoms with Crippen LogP contribution in [0.25, 0.3) is 0 Å². The minimum atomic E-state index is -0.521. The van der Waals surface area contributed by atoms with Gasteiger partial charge in [-0.25, -0.2) is 0 Å². The van der Waals surface area contributed by atoms with Gasteiger partial charge in [0.2, 0.25) is 0 Å². The van der Waals surface area contributed by atoms with E-state index in [0.717, 1.165) is 22.3 Å². The molecule has 0 bridgehead atoms. The van der Waals surface area contributed by atoms with Crippen LogP contribution in [0.15, 0.2) is 22.7 Å². The second-order valence-corrected chi connectivity index (χ2v) is 4.93. The van der Waals surface area contributed by atoms with Crippen molar-refractivity contribution in [3.05, 3.63) is 28.2 Å². The van der Waals surface area contributed by atoms with E-state index in [1.807, 2.05) is 32.3 Å². The Labute approximate surface area is 105 Å². The Bertz CT molecular complexity index is 340. The van der Waals surface area contributed by atoms with Crippen molar-refractivity contribution in [2.45, 2.75) is 13.0 Å². The Morgan fingerprint density at radius 2 is 2.12 bits per heavy atom. The zero-order chi connectivity index (χ0) is 12.1. The van der Waals surface area contributed by atoms with Crippen LogP contribution in [0.2, 0.25) is 0 Å². The van der Waals surface area contributed by atoms with Crippen LogP contribution in [0, 0.1) is 0 Å². The molecule has 90 valence electrons. The molecule has 1 rings (SSSR count). The third-order valence-electron chi connectivity index (χ3n) is 2.22. The van der Waals surface area contributed by atoms with Crippen LogP contribution in [-0.2, 0) is 0 Å². The molecule has 1 N–H and O–H groups in total. The summed E-state index contributed by atoms with van der Waals surface area (Å²) in [5.41, 5.74) is 0.813. The molecule has 0 spiro atoms. The van der Waals surface area contributed by atoms with Gasteiger partial charge in [-0.05, 0) is 39.2 Å². The van der Waals surface area contributed by atoms with E-state index in [2.05, 4.69) is 20.8 Å². The molecule has 0 aliphatic rings. The van der Waals surface area contributed by atoms with Crippen LogP contribution >= 0.6 is 15.9 Å². The van der Waals surface area contributed by atoms with Gasteiger partial charge < -0.3 is 14.7 Å². The average Bonchev–Trinajstić information content (AvgIpc) is 2.19. The molecular weight excluding hydrogens is 270 g/mol. The topological polar surface area (TPSA) is 32.7 Å². The van der Waals surface area contributed by atoms with Crippen molar-refractivity contribution >= 4 is 15.9 Å². The van der Waals surface area contributed by atoms with Crippen LogP contribution in [0.4, 0.5) is 0 Å². The molecule has 0 radical (unpaired) electrons. The first-order chi connectivity index (χ1) is 7.50. The lowest BCUT2D eigenvalue weighted by Gasteiger charge is -2.15. The van der Waals surface area contributed by atoms with Gasteiger partial charge in [-0.15, -0.1) is 0 Å². The zero-order valence-electron chi connectivity index (χ0n) is 9.90. The third kappa shape index (κ3) is 4.12. The number of aliphatic hydroxyl groups excluding tert-OH is 1. The maximum absolute atomic E-state index is 9.63. The van der Waals surface area contributed by atoms with Crippen molar-refractivity contribution in [3.8, 4) is 5.75 Å².